The quantitative estimate of drug-likeness (QED) is 0.750. The Morgan fingerprint density at radius 2 is 1.65 bits per heavy atom. The van der Waals surface area contributed by atoms with E-state index < -0.39 is 0 Å². The van der Waals surface area contributed by atoms with Crippen LogP contribution in [-0.4, -0.2) is 6.10 Å². The van der Waals surface area contributed by atoms with Crippen molar-refractivity contribution in [3.63, 3.8) is 0 Å². The first-order chi connectivity index (χ1) is 8.31. The highest BCUT2D eigenvalue weighted by molar-refractivity contribution is 5.16. The van der Waals surface area contributed by atoms with Gasteiger partial charge in [0.1, 0.15) is 0 Å². The van der Waals surface area contributed by atoms with Gasteiger partial charge in [-0.15, -0.1) is 0 Å². The van der Waals surface area contributed by atoms with E-state index in [9.17, 15) is 0 Å². The molecule has 3 rings (SSSR count). The van der Waals surface area contributed by atoms with E-state index in [2.05, 4.69) is 37.3 Å². The van der Waals surface area contributed by atoms with Gasteiger partial charge in [0.05, 0.1) is 12.2 Å². The number of rotatable bonds is 3. The van der Waals surface area contributed by atoms with Crippen molar-refractivity contribution in [1.82, 2.24) is 0 Å². The highest BCUT2D eigenvalue weighted by Crippen LogP contribution is 2.43. The van der Waals surface area contributed by atoms with Crippen molar-refractivity contribution in [2.75, 3.05) is 0 Å². The van der Waals surface area contributed by atoms with E-state index in [0.717, 1.165) is 11.8 Å². The summed E-state index contributed by atoms with van der Waals surface area (Å²) in [4.78, 5) is 0. The first kappa shape index (κ1) is 11.3. The normalized spacial score (nSPS) is 33.6. The molecule has 0 amide bonds. The van der Waals surface area contributed by atoms with E-state index in [1.54, 1.807) is 0 Å². The topological polar surface area (TPSA) is 9.23 Å². The molecule has 0 spiro atoms. The summed E-state index contributed by atoms with van der Waals surface area (Å²) < 4.78 is 6.26. The Bertz CT molecular complexity index is 347. The second-order valence-corrected chi connectivity index (χ2v) is 5.83. The largest absolute Gasteiger partial charge is 0.371 e. The van der Waals surface area contributed by atoms with Crippen LogP contribution in [-0.2, 0) is 4.74 Å². The zero-order chi connectivity index (χ0) is 11.7. The average molecular weight is 230 g/mol. The van der Waals surface area contributed by atoms with Crippen molar-refractivity contribution >= 4 is 0 Å². The Kier molecular flexibility index (Phi) is 3.19. The Balaban J connectivity index is 1.60. The molecule has 92 valence electrons. The molecular formula is C16H22O. The minimum atomic E-state index is 0.249. The summed E-state index contributed by atoms with van der Waals surface area (Å²) in [6.45, 7) is 2.19. The van der Waals surface area contributed by atoms with E-state index in [-0.39, 0.29) is 6.10 Å². The molecule has 17 heavy (non-hydrogen) atoms. The van der Waals surface area contributed by atoms with Crippen molar-refractivity contribution in [2.45, 2.75) is 51.2 Å². The molecule has 1 nitrogen and oxygen atoms in total. The van der Waals surface area contributed by atoms with Crippen LogP contribution in [0.4, 0.5) is 0 Å². The fourth-order valence-corrected chi connectivity index (χ4v) is 3.65. The molecule has 2 fully saturated rings. The van der Waals surface area contributed by atoms with Gasteiger partial charge in [-0.3, -0.25) is 0 Å². The van der Waals surface area contributed by atoms with Crippen LogP contribution in [0.25, 0.3) is 0 Å². The van der Waals surface area contributed by atoms with Crippen molar-refractivity contribution in [3.05, 3.63) is 35.9 Å². The van der Waals surface area contributed by atoms with Gasteiger partial charge in [-0.05, 0) is 43.6 Å². The first-order valence-electron chi connectivity index (χ1n) is 7.01. The molecule has 0 aliphatic heterocycles. The Labute approximate surface area is 104 Å². The van der Waals surface area contributed by atoms with E-state index in [0.29, 0.717) is 6.10 Å². The average Bonchev–Trinajstić information content (AvgIpc) is 2.70. The van der Waals surface area contributed by atoms with E-state index >= 15 is 0 Å². The zero-order valence-electron chi connectivity index (χ0n) is 10.6. The maximum Gasteiger partial charge on any atom is 0.0800 e. The van der Waals surface area contributed by atoms with Crippen molar-refractivity contribution in [2.24, 2.45) is 11.8 Å². The summed E-state index contributed by atoms with van der Waals surface area (Å²) in [5.41, 5.74) is 1.31. The summed E-state index contributed by atoms with van der Waals surface area (Å²) >= 11 is 0. The third kappa shape index (κ3) is 2.55. The summed E-state index contributed by atoms with van der Waals surface area (Å²) in [6.07, 6.45) is 7.73. The number of hydrogen-bond acceptors (Lipinski definition) is 1. The van der Waals surface area contributed by atoms with Crippen LogP contribution in [0.15, 0.2) is 30.3 Å². The van der Waals surface area contributed by atoms with Crippen LogP contribution < -0.4 is 0 Å². The number of hydrogen-bond donors (Lipinski definition) is 0. The minimum absolute atomic E-state index is 0.249. The van der Waals surface area contributed by atoms with Gasteiger partial charge < -0.3 is 4.74 Å². The Morgan fingerprint density at radius 3 is 2.29 bits per heavy atom. The van der Waals surface area contributed by atoms with Crippen LogP contribution in [0, 0.1) is 11.8 Å². The molecule has 0 radical (unpaired) electrons. The summed E-state index contributed by atoms with van der Waals surface area (Å²) in [7, 11) is 0. The highest BCUT2D eigenvalue weighted by atomic mass is 16.5. The zero-order valence-corrected chi connectivity index (χ0v) is 10.6. The molecule has 1 heteroatoms. The van der Waals surface area contributed by atoms with Crippen LogP contribution in [0.3, 0.4) is 0 Å². The van der Waals surface area contributed by atoms with E-state index in [1.165, 1.54) is 37.7 Å². The molecular weight excluding hydrogens is 208 g/mol. The molecule has 2 saturated carbocycles. The van der Waals surface area contributed by atoms with E-state index in [4.69, 9.17) is 4.74 Å². The molecule has 1 aromatic rings. The lowest BCUT2D eigenvalue weighted by atomic mass is 9.87. The van der Waals surface area contributed by atoms with Crippen molar-refractivity contribution in [3.8, 4) is 0 Å². The summed E-state index contributed by atoms with van der Waals surface area (Å²) in [5.74, 6) is 1.92. The maximum absolute atomic E-state index is 6.26. The Hall–Kier alpha value is -0.820. The molecule has 2 aliphatic rings. The fourth-order valence-electron chi connectivity index (χ4n) is 3.65. The minimum Gasteiger partial charge on any atom is -0.371 e. The SMILES string of the molecule is CC(OC1C[C@H]2CC[C@@H](C1)C2)c1ccccc1. The number of fused-ring (bicyclic) bond motifs is 2. The lowest BCUT2D eigenvalue weighted by Crippen LogP contribution is -2.24. The molecule has 2 unspecified atom stereocenters. The highest BCUT2D eigenvalue weighted by Gasteiger charge is 2.35. The van der Waals surface area contributed by atoms with Gasteiger partial charge in [0.25, 0.3) is 0 Å². The smallest absolute Gasteiger partial charge is 0.0800 e. The van der Waals surface area contributed by atoms with Crippen molar-refractivity contribution < 1.29 is 4.74 Å². The van der Waals surface area contributed by atoms with Gasteiger partial charge >= 0.3 is 0 Å². The lowest BCUT2D eigenvalue weighted by Gasteiger charge is -2.30. The predicted octanol–water partition coefficient (Wildman–Crippen LogP) is 4.34. The van der Waals surface area contributed by atoms with Crippen LogP contribution in [0.2, 0.25) is 0 Å². The monoisotopic (exact) mass is 230 g/mol. The number of benzene rings is 1. The molecule has 0 N–H and O–H groups in total. The predicted molar refractivity (Wildman–Crippen MR) is 69.8 cm³/mol. The molecule has 1 aromatic carbocycles. The third-order valence-electron chi connectivity index (χ3n) is 4.51. The van der Waals surface area contributed by atoms with Gasteiger partial charge in [-0.2, -0.15) is 0 Å². The van der Waals surface area contributed by atoms with Gasteiger partial charge in [-0.1, -0.05) is 43.2 Å². The molecule has 2 aliphatic carbocycles. The Morgan fingerprint density at radius 1 is 1.00 bits per heavy atom. The lowest BCUT2D eigenvalue weighted by molar-refractivity contribution is -0.0362. The second kappa shape index (κ2) is 4.81. The molecule has 2 bridgehead atoms. The fraction of sp³-hybridized carbons (Fsp3) is 0.625. The van der Waals surface area contributed by atoms with Gasteiger partial charge in [0.15, 0.2) is 0 Å². The van der Waals surface area contributed by atoms with E-state index in [1.807, 2.05) is 0 Å². The molecule has 0 aromatic heterocycles. The summed E-state index contributed by atoms with van der Waals surface area (Å²) in [6, 6.07) is 10.6. The standard InChI is InChI=1S/C16H22O/c1-12(15-5-3-2-4-6-15)17-16-10-13-7-8-14(9-13)11-16/h2-6,12-14,16H,7-11H2,1H3/t12?,13-,14+,16?. The van der Waals surface area contributed by atoms with Crippen LogP contribution in [0.1, 0.15) is 50.7 Å². The summed E-state index contributed by atoms with van der Waals surface area (Å²) in [5, 5.41) is 0. The molecule has 4 atom stereocenters. The van der Waals surface area contributed by atoms with Crippen molar-refractivity contribution in [1.29, 1.82) is 0 Å². The van der Waals surface area contributed by atoms with Gasteiger partial charge in [0, 0.05) is 0 Å². The second-order valence-electron chi connectivity index (χ2n) is 5.83. The number of ether oxygens (including phenoxy) is 1. The van der Waals surface area contributed by atoms with Gasteiger partial charge in [0.2, 0.25) is 0 Å². The van der Waals surface area contributed by atoms with Crippen LogP contribution >= 0.6 is 0 Å². The first-order valence-corrected chi connectivity index (χ1v) is 7.01. The molecule has 0 saturated heterocycles. The maximum atomic E-state index is 6.26. The third-order valence-corrected chi connectivity index (χ3v) is 4.51. The van der Waals surface area contributed by atoms with Gasteiger partial charge in [-0.25, -0.2) is 0 Å². The van der Waals surface area contributed by atoms with Crippen LogP contribution in [0.5, 0.6) is 0 Å². The molecule has 0 heterocycles.